The van der Waals surface area contributed by atoms with Crippen LogP contribution in [0, 0.1) is 13.8 Å². The first-order valence-electron chi connectivity index (χ1n) is 5.75. The lowest BCUT2D eigenvalue weighted by Crippen LogP contribution is -2.24. The van der Waals surface area contributed by atoms with E-state index in [2.05, 4.69) is 0 Å². The van der Waals surface area contributed by atoms with E-state index in [1.54, 1.807) is 6.07 Å². The van der Waals surface area contributed by atoms with Gasteiger partial charge in [-0.1, -0.05) is 30.3 Å². The van der Waals surface area contributed by atoms with Crippen LogP contribution >= 0.6 is 0 Å². The maximum absolute atomic E-state index is 11.5. The molecule has 0 fully saturated rings. The second-order valence-corrected chi connectivity index (χ2v) is 4.24. The lowest BCUT2D eigenvalue weighted by molar-refractivity contribution is 0.204. The van der Waals surface area contributed by atoms with Gasteiger partial charge in [0.15, 0.2) is 0 Å². The number of carboxylic acid groups (broad SMARTS) is 1. The molecule has 0 saturated heterocycles. The number of benzene rings is 2. The van der Waals surface area contributed by atoms with Gasteiger partial charge in [0.25, 0.3) is 0 Å². The van der Waals surface area contributed by atoms with Crippen molar-refractivity contribution in [3.63, 3.8) is 0 Å². The fourth-order valence-corrected chi connectivity index (χ4v) is 1.93. The molecule has 0 saturated carbocycles. The number of nitrogens with zero attached hydrogens (tertiary/aromatic N) is 1. The van der Waals surface area contributed by atoms with Crippen LogP contribution < -0.4 is 4.90 Å². The van der Waals surface area contributed by atoms with Crippen LogP contribution in [-0.4, -0.2) is 11.2 Å². The van der Waals surface area contributed by atoms with Crippen LogP contribution in [-0.2, 0) is 0 Å². The molecule has 2 rings (SSSR count). The van der Waals surface area contributed by atoms with E-state index in [9.17, 15) is 9.90 Å². The van der Waals surface area contributed by atoms with Crippen LogP contribution in [0.4, 0.5) is 16.2 Å². The zero-order chi connectivity index (χ0) is 13.1. The van der Waals surface area contributed by atoms with Gasteiger partial charge in [0, 0.05) is 0 Å². The molecule has 3 heteroatoms. The Hall–Kier alpha value is -2.29. The maximum Gasteiger partial charge on any atom is 0.416 e. The van der Waals surface area contributed by atoms with Crippen LogP contribution in [0.15, 0.2) is 48.5 Å². The van der Waals surface area contributed by atoms with E-state index in [0.29, 0.717) is 11.4 Å². The third kappa shape index (κ3) is 2.35. The van der Waals surface area contributed by atoms with E-state index in [1.807, 2.05) is 56.3 Å². The van der Waals surface area contributed by atoms with Crippen LogP contribution in [0.5, 0.6) is 0 Å². The van der Waals surface area contributed by atoms with Crippen molar-refractivity contribution in [1.82, 2.24) is 0 Å². The van der Waals surface area contributed by atoms with Crippen molar-refractivity contribution in [3.05, 3.63) is 59.7 Å². The van der Waals surface area contributed by atoms with Gasteiger partial charge in [0.2, 0.25) is 0 Å². The van der Waals surface area contributed by atoms with E-state index in [4.69, 9.17) is 0 Å². The SMILES string of the molecule is Cc1cccc(N(C(=O)O)c2ccccc2C)c1. The number of rotatable bonds is 2. The summed E-state index contributed by atoms with van der Waals surface area (Å²) in [6.45, 7) is 3.85. The quantitative estimate of drug-likeness (QED) is 0.859. The second-order valence-electron chi connectivity index (χ2n) is 4.24. The van der Waals surface area contributed by atoms with E-state index in [1.165, 1.54) is 4.90 Å². The summed E-state index contributed by atoms with van der Waals surface area (Å²) in [6.07, 6.45) is -0.977. The monoisotopic (exact) mass is 241 g/mol. The molecule has 0 spiro atoms. The lowest BCUT2D eigenvalue weighted by Gasteiger charge is -2.21. The zero-order valence-electron chi connectivity index (χ0n) is 10.4. The molecule has 0 atom stereocenters. The van der Waals surface area contributed by atoms with Crippen LogP contribution in [0.1, 0.15) is 11.1 Å². The topological polar surface area (TPSA) is 40.5 Å². The first-order chi connectivity index (χ1) is 8.59. The second kappa shape index (κ2) is 4.92. The number of aryl methyl sites for hydroxylation is 2. The summed E-state index contributed by atoms with van der Waals surface area (Å²) >= 11 is 0. The van der Waals surface area contributed by atoms with E-state index < -0.39 is 6.09 Å². The highest BCUT2D eigenvalue weighted by atomic mass is 16.4. The van der Waals surface area contributed by atoms with Gasteiger partial charge in [-0.2, -0.15) is 0 Å². The average molecular weight is 241 g/mol. The van der Waals surface area contributed by atoms with Gasteiger partial charge in [-0.3, -0.25) is 0 Å². The highest BCUT2D eigenvalue weighted by molar-refractivity contribution is 5.95. The fraction of sp³-hybridized carbons (Fsp3) is 0.133. The molecular formula is C15H15NO2. The molecule has 0 unspecified atom stereocenters. The predicted octanol–water partition coefficient (Wildman–Crippen LogP) is 4.12. The number of carbonyl (C=O) groups is 1. The Morgan fingerprint density at radius 2 is 1.78 bits per heavy atom. The van der Waals surface area contributed by atoms with Gasteiger partial charge in [-0.25, -0.2) is 9.69 Å². The van der Waals surface area contributed by atoms with Crippen molar-refractivity contribution in [1.29, 1.82) is 0 Å². The molecular weight excluding hydrogens is 226 g/mol. The number of amides is 1. The van der Waals surface area contributed by atoms with Gasteiger partial charge >= 0.3 is 6.09 Å². The Labute approximate surface area is 106 Å². The summed E-state index contributed by atoms with van der Waals surface area (Å²) in [6, 6.07) is 14.9. The Morgan fingerprint density at radius 3 is 2.39 bits per heavy atom. The Morgan fingerprint density at radius 1 is 1.06 bits per heavy atom. The molecule has 0 aliphatic carbocycles. The summed E-state index contributed by atoms with van der Waals surface area (Å²) in [5.74, 6) is 0. The first kappa shape index (κ1) is 12.2. The lowest BCUT2D eigenvalue weighted by atomic mass is 10.1. The molecule has 0 bridgehead atoms. The Kier molecular flexibility index (Phi) is 3.33. The molecule has 0 radical (unpaired) electrons. The zero-order valence-corrected chi connectivity index (χ0v) is 10.4. The minimum Gasteiger partial charge on any atom is -0.464 e. The third-order valence-electron chi connectivity index (χ3n) is 2.81. The molecule has 1 N–H and O–H groups in total. The minimum absolute atomic E-state index is 0.664. The summed E-state index contributed by atoms with van der Waals surface area (Å²) in [4.78, 5) is 12.8. The van der Waals surface area contributed by atoms with Gasteiger partial charge in [-0.15, -0.1) is 0 Å². The fourth-order valence-electron chi connectivity index (χ4n) is 1.93. The first-order valence-corrected chi connectivity index (χ1v) is 5.75. The third-order valence-corrected chi connectivity index (χ3v) is 2.81. The largest absolute Gasteiger partial charge is 0.464 e. The van der Waals surface area contributed by atoms with Gasteiger partial charge < -0.3 is 5.11 Å². The summed E-state index contributed by atoms with van der Waals surface area (Å²) < 4.78 is 0. The highest BCUT2D eigenvalue weighted by Gasteiger charge is 2.18. The van der Waals surface area contributed by atoms with Crippen LogP contribution in [0.25, 0.3) is 0 Å². The molecule has 92 valence electrons. The van der Waals surface area contributed by atoms with E-state index in [0.717, 1.165) is 11.1 Å². The molecule has 0 aliphatic rings. The number of hydrogen-bond donors (Lipinski definition) is 1. The molecule has 0 aromatic heterocycles. The normalized spacial score (nSPS) is 10.1. The van der Waals surface area contributed by atoms with Crippen LogP contribution in [0.3, 0.4) is 0 Å². The Balaban J connectivity index is 2.54. The van der Waals surface area contributed by atoms with Crippen LogP contribution in [0.2, 0.25) is 0 Å². The van der Waals surface area contributed by atoms with E-state index in [-0.39, 0.29) is 0 Å². The summed E-state index contributed by atoms with van der Waals surface area (Å²) in [5, 5.41) is 9.42. The number of para-hydroxylation sites is 1. The smallest absolute Gasteiger partial charge is 0.416 e. The van der Waals surface area contributed by atoms with Gasteiger partial charge in [0.1, 0.15) is 0 Å². The number of hydrogen-bond acceptors (Lipinski definition) is 1. The predicted molar refractivity (Wildman–Crippen MR) is 72.5 cm³/mol. The summed E-state index contributed by atoms with van der Waals surface area (Å²) in [7, 11) is 0. The number of anilines is 2. The molecule has 2 aromatic rings. The standard InChI is InChI=1S/C15H15NO2/c1-11-6-5-8-13(10-11)16(15(17)18)14-9-4-3-7-12(14)2/h3-10H,1-2H3,(H,17,18). The van der Waals surface area contributed by atoms with Crippen molar-refractivity contribution in [2.45, 2.75) is 13.8 Å². The van der Waals surface area contributed by atoms with Crippen molar-refractivity contribution in [3.8, 4) is 0 Å². The molecule has 3 nitrogen and oxygen atoms in total. The highest BCUT2D eigenvalue weighted by Crippen LogP contribution is 2.28. The van der Waals surface area contributed by atoms with Gasteiger partial charge in [-0.05, 0) is 43.2 Å². The van der Waals surface area contributed by atoms with Gasteiger partial charge in [0.05, 0.1) is 11.4 Å². The molecule has 2 aromatic carbocycles. The van der Waals surface area contributed by atoms with Crippen molar-refractivity contribution in [2.24, 2.45) is 0 Å². The minimum atomic E-state index is -0.977. The van der Waals surface area contributed by atoms with Crippen molar-refractivity contribution < 1.29 is 9.90 Å². The Bertz CT molecular complexity index is 578. The molecule has 0 heterocycles. The van der Waals surface area contributed by atoms with Crippen molar-refractivity contribution in [2.75, 3.05) is 4.90 Å². The maximum atomic E-state index is 11.5. The van der Waals surface area contributed by atoms with Crippen molar-refractivity contribution >= 4 is 17.5 Å². The average Bonchev–Trinajstić information content (AvgIpc) is 2.32. The van der Waals surface area contributed by atoms with E-state index >= 15 is 0 Å². The summed E-state index contributed by atoms with van der Waals surface area (Å²) in [5.41, 5.74) is 3.32. The molecule has 1 amide bonds. The molecule has 18 heavy (non-hydrogen) atoms. The molecule has 0 aliphatic heterocycles.